The van der Waals surface area contributed by atoms with E-state index in [1.807, 2.05) is 26.0 Å². The van der Waals surface area contributed by atoms with Gasteiger partial charge in [-0.1, -0.05) is 27.4 Å². The van der Waals surface area contributed by atoms with Crippen LogP contribution in [0.1, 0.15) is 63.2 Å². The third-order valence-corrected chi connectivity index (χ3v) is 10.4. The molecule has 0 heterocycles. The SMILES string of the molecule is C=C1C(=O)[C@]23[C@H](O)[C@H]1CC[C@H]2[C@]1(C)CCC(=O)C(C)(C)[C@H]1C[C@H]3OC(=O)c1ccc(I)cc1. The van der Waals surface area contributed by atoms with E-state index in [4.69, 9.17) is 4.74 Å². The third-order valence-electron chi connectivity index (χ3n) is 9.73. The van der Waals surface area contributed by atoms with Crippen molar-refractivity contribution in [1.82, 2.24) is 0 Å². The van der Waals surface area contributed by atoms with E-state index in [0.29, 0.717) is 36.8 Å². The van der Waals surface area contributed by atoms with E-state index in [1.165, 1.54) is 0 Å². The number of carbonyl (C=O) groups excluding carboxylic acids is 3. The fourth-order valence-electron chi connectivity index (χ4n) is 8.04. The van der Waals surface area contributed by atoms with Gasteiger partial charge in [-0.25, -0.2) is 4.79 Å². The van der Waals surface area contributed by atoms with Crippen molar-refractivity contribution in [1.29, 1.82) is 0 Å². The minimum absolute atomic E-state index is 0.0400. The molecule has 0 aliphatic heterocycles. The Kier molecular flexibility index (Phi) is 5.26. The standard InChI is InChI=1S/C27H31IO5/c1-14-17-9-10-18-26(4)12-11-20(29)25(2,3)19(26)13-21(27(18,22(14)30)23(17)31)33-24(32)15-5-7-16(28)8-6-15/h5-8,17-19,21,23,31H,1,9-13H2,2-4H3/t17-,18-,19+,21+,23+,26-,27-/m0/s1. The second-order valence-electron chi connectivity index (χ2n) is 11.3. The molecule has 5 rings (SSSR count). The predicted molar refractivity (Wildman–Crippen MR) is 131 cm³/mol. The summed E-state index contributed by atoms with van der Waals surface area (Å²) in [5, 5.41) is 11.6. The Labute approximate surface area is 208 Å². The fraction of sp³-hybridized carbons (Fsp3) is 0.593. The number of hydrogen-bond donors (Lipinski definition) is 1. The molecule has 0 unspecified atom stereocenters. The summed E-state index contributed by atoms with van der Waals surface area (Å²) in [6.07, 6.45) is 1.33. The Morgan fingerprint density at radius 1 is 1.12 bits per heavy atom. The molecule has 1 N–H and O–H groups in total. The summed E-state index contributed by atoms with van der Waals surface area (Å²) in [6.45, 7) is 10.2. The van der Waals surface area contributed by atoms with Crippen LogP contribution in [-0.2, 0) is 14.3 Å². The van der Waals surface area contributed by atoms with E-state index in [1.54, 1.807) is 12.1 Å². The van der Waals surface area contributed by atoms with E-state index < -0.39 is 29.0 Å². The zero-order valence-corrected chi connectivity index (χ0v) is 21.6. The highest BCUT2D eigenvalue weighted by atomic mass is 127. The molecule has 2 bridgehead atoms. The van der Waals surface area contributed by atoms with Gasteiger partial charge in [-0.2, -0.15) is 0 Å². The molecule has 0 radical (unpaired) electrons. The maximum absolute atomic E-state index is 13.9. The molecule has 0 aromatic heterocycles. The highest BCUT2D eigenvalue weighted by Crippen LogP contribution is 2.71. The molecule has 5 nitrogen and oxygen atoms in total. The summed E-state index contributed by atoms with van der Waals surface area (Å²) in [5.74, 6) is -0.901. The number of benzene rings is 1. The fourth-order valence-corrected chi connectivity index (χ4v) is 8.40. The van der Waals surface area contributed by atoms with Gasteiger partial charge in [0.25, 0.3) is 0 Å². The number of esters is 1. The molecule has 1 aromatic carbocycles. The van der Waals surface area contributed by atoms with Crippen molar-refractivity contribution >= 4 is 40.1 Å². The summed E-state index contributed by atoms with van der Waals surface area (Å²) in [7, 11) is 0. The highest BCUT2D eigenvalue weighted by molar-refractivity contribution is 14.1. The van der Waals surface area contributed by atoms with Gasteiger partial charge in [-0.05, 0) is 95.4 Å². The van der Waals surface area contributed by atoms with Crippen LogP contribution < -0.4 is 0 Å². The van der Waals surface area contributed by atoms with Crippen LogP contribution in [-0.4, -0.2) is 34.9 Å². The van der Waals surface area contributed by atoms with Gasteiger partial charge in [0.05, 0.1) is 17.1 Å². The Morgan fingerprint density at radius 3 is 2.45 bits per heavy atom. The number of ether oxygens (including phenoxy) is 1. The molecule has 1 aromatic rings. The number of ketones is 2. The Hall–Kier alpha value is -1.54. The molecule has 33 heavy (non-hydrogen) atoms. The van der Waals surface area contributed by atoms with E-state index in [-0.39, 0.29) is 34.7 Å². The molecular formula is C27H31IO5. The topological polar surface area (TPSA) is 80.7 Å². The lowest BCUT2D eigenvalue weighted by molar-refractivity contribution is -0.222. The summed E-state index contributed by atoms with van der Waals surface area (Å²) in [6, 6.07) is 7.12. The number of Topliss-reactive ketones (excluding diaryl/α,β-unsaturated/α-hetero) is 2. The van der Waals surface area contributed by atoms with Crippen molar-refractivity contribution in [3.05, 3.63) is 45.6 Å². The molecule has 6 heteroatoms. The maximum Gasteiger partial charge on any atom is 0.338 e. The first-order chi connectivity index (χ1) is 15.5. The van der Waals surface area contributed by atoms with Crippen LogP contribution in [0, 0.1) is 37.6 Å². The molecule has 176 valence electrons. The van der Waals surface area contributed by atoms with Gasteiger partial charge in [-0.3, -0.25) is 9.59 Å². The second-order valence-corrected chi connectivity index (χ2v) is 12.6. The zero-order valence-electron chi connectivity index (χ0n) is 19.4. The van der Waals surface area contributed by atoms with Gasteiger partial charge < -0.3 is 9.84 Å². The molecular weight excluding hydrogens is 531 g/mol. The number of rotatable bonds is 2. The minimum Gasteiger partial charge on any atom is -0.458 e. The predicted octanol–water partition coefficient (Wildman–Crippen LogP) is 4.74. The minimum atomic E-state index is -1.18. The van der Waals surface area contributed by atoms with Crippen LogP contribution in [0.5, 0.6) is 0 Å². The smallest absolute Gasteiger partial charge is 0.338 e. The van der Waals surface area contributed by atoms with Crippen LogP contribution in [0.4, 0.5) is 0 Å². The molecule has 0 amide bonds. The van der Waals surface area contributed by atoms with Crippen molar-refractivity contribution in [2.24, 2.45) is 34.0 Å². The molecule has 4 aliphatic carbocycles. The number of aliphatic hydroxyl groups is 1. The van der Waals surface area contributed by atoms with E-state index in [0.717, 1.165) is 9.99 Å². The first-order valence-electron chi connectivity index (χ1n) is 11.9. The van der Waals surface area contributed by atoms with Crippen molar-refractivity contribution < 1.29 is 24.2 Å². The third kappa shape index (κ3) is 2.95. The van der Waals surface area contributed by atoms with E-state index in [2.05, 4.69) is 36.1 Å². The van der Waals surface area contributed by atoms with Crippen molar-refractivity contribution in [3.63, 3.8) is 0 Å². The average Bonchev–Trinajstić information content (AvgIpc) is 2.87. The van der Waals surface area contributed by atoms with Gasteiger partial charge in [0.15, 0.2) is 5.78 Å². The summed E-state index contributed by atoms with van der Waals surface area (Å²) in [5.41, 5.74) is -1.17. The number of aliphatic hydroxyl groups excluding tert-OH is 1. The van der Waals surface area contributed by atoms with Crippen LogP contribution in [0.3, 0.4) is 0 Å². The number of halogens is 1. The van der Waals surface area contributed by atoms with E-state index in [9.17, 15) is 19.5 Å². The Morgan fingerprint density at radius 2 is 1.79 bits per heavy atom. The normalized spacial score (nSPS) is 41.4. The quantitative estimate of drug-likeness (QED) is 0.320. The summed E-state index contributed by atoms with van der Waals surface area (Å²) < 4.78 is 7.15. The molecule has 0 saturated heterocycles. The lowest BCUT2D eigenvalue weighted by Crippen LogP contribution is -2.68. The first kappa shape index (κ1) is 23.2. The van der Waals surface area contributed by atoms with Gasteiger partial charge in [-0.15, -0.1) is 0 Å². The van der Waals surface area contributed by atoms with Crippen LogP contribution in [0.25, 0.3) is 0 Å². The Balaban J connectivity index is 1.62. The second kappa shape index (κ2) is 7.48. The molecule has 4 fully saturated rings. The molecule has 7 atom stereocenters. The van der Waals surface area contributed by atoms with Crippen LogP contribution >= 0.6 is 22.6 Å². The van der Waals surface area contributed by atoms with Crippen molar-refractivity contribution in [3.8, 4) is 0 Å². The largest absolute Gasteiger partial charge is 0.458 e. The van der Waals surface area contributed by atoms with E-state index >= 15 is 0 Å². The molecule has 1 spiro atoms. The monoisotopic (exact) mass is 562 g/mol. The summed E-state index contributed by atoms with van der Waals surface area (Å²) in [4.78, 5) is 40.0. The number of hydrogen-bond acceptors (Lipinski definition) is 5. The number of carbonyl (C=O) groups is 3. The summed E-state index contributed by atoms with van der Waals surface area (Å²) >= 11 is 2.18. The van der Waals surface area contributed by atoms with Crippen LogP contribution in [0.15, 0.2) is 36.4 Å². The van der Waals surface area contributed by atoms with Crippen molar-refractivity contribution in [2.75, 3.05) is 0 Å². The molecule has 4 aliphatic rings. The van der Waals surface area contributed by atoms with Crippen LogP contribution in [0.2, 0.25) is 0 Å². The lowest BCUT2D eigenvalue weighted by atomic mass is 9.39. The van der Waals surface area contributed by atoms with Gasteiger partial charge in [0.2, 0.25) is 0 Å². The van der Waals surface area contributed by atoms with Gasteiger partial charge in [0, 0.05) is 21.3 Å². The maximum atomic E-state index is 13.9. The Bertz CT molecular complexity index is 1060. The van der Waals surface area contributed by atoms with Crippen molar-refractivity contribution in [2.45, 2.75) is 65.1 Å². The zero-order chi connectivity index (χ0) is 23.9. The van der Waals surface area contributed by atoms with Gasteiger partial charge in [0.1, 0.15) is 11.9 Å². The average molecular weight is 562 g/mol. The van der Waals surface area contributed by atoms with Gasteiger partial charge >= 0.3 is 5.97 Å². The number of fused-ring (bicyclic) bond motifs is 3. The highest BCUT2D eigenvalue weighted by Gasteiger charge is 2.75. The first-order valence-corrected chi connectivity index (χ1v) is 12.9. The molecule has 4 saturated carbocycles. The lowest BCUT2D eigenvalue weighted by Gasteiger charge is -2.64.